The lowest BCUT2D eigenvalue weighted by Gasteiger charge is -2.11. The quantitative estimate of drug-likeness (QED) is 0.797. The molecular weight excluding hydrogens is 225 g/mol. The lowest BCUT2D eigenvalue weighted by atomic mass is 10.2. The highest BCUT2D eigenvalue weighted by molar-refractivity contribution is 7.19. The molecule has 0 radical (unpaired) electrons. The molecule has 0 bridgehead atoms. The molecule has 1 N–H and O–H groups in total. The van der Waals surface area contributed by atoms with Gasteiger partial charge in [0.15, 0.2) is 6.10 Å². The average Bonchev–Trinajstić information content (AvgIpc) is 2.58. The van der Waals surface area contributed by atoms with Crippen molar-refractivity contribution < 1.29 is 18.3 Å². The Hall–Kier alpha value is -1.07. The number of aliphatic hydroxyl groups is 1. The first-order valence-corrected chi connectivity index (χ1v) is 5.03. The van der Waals surface area contributed by atoms with Gasteiger partial charge in [-0.3, -0.25) is 0 Å². The highest BCUT2D eigenvalue weighted by atomic mass is 32.1. The van der Waals surface area contributed by atoms with E-state index in [2.05, 4.69) is 0 Å². The topological polar surface area (TPSA) is 20.2 Å². The lowest BCUT2D eigenvalue weighted by molar-refractivity contribution is -0.205. The fraction of sp³-hybridized carbons (Fsp3) is 0.200. The Balaban J connectivity index is 2.45. The maximum atomic E-state index is 12.2. The minimum Gasteiger partial charge on any atom is -0.379 e. The Bertz CT molecular complexity index is 442. The van der Waals surface area contributed by atoms with Gasteiger partial charge in [-0.25, -0.2) is 0 Å². The van der Waals surface area contributed by atoms with Gasteiger partial charge in [-0.15, -0.1) is 11.3 Å². The number of hydrogen-bond donors (Lipinski definition) is 1. The predicted molar refractivity (Wildman–Crippen MR) is 52.8 cm³/mol. The van der Waals surface area contributed by atoms with E-state index in [4.69, 9.17) is 5.11 Å². The maximum absolute atomic E-state index is 12.2. The van der Waals surface area contributed by atoms with Gasteiger partial charge in [-0.1, -0.05) is 18.2 Å². The van der Waals surface area contributed by atoms with Gasteiger partial charge in [0.05, 0.1) is 0 Å². The van der Waals surface area contributed by atoms with E-state index < -0.39 is 12.3 Å². The highest BCUT2D eigenvalue weighted by Crippen LogP contribution is 2.38. The minimum atomic E-state index is -4.60. The number of hydrogen-bond acceptors (Lipinski definition) is 2. The first-order valence-electron chi connectivity index (χ1n) is 4.22. The van der Waals surface area contributed by atoms with Crippen LogP contribution < -0.4 is 0 Å². The van der Waals surface area contributed by atoms with Crippen LogP contribution in [0.1, 0.15) is 11.0 Å². The van der Waals surface area contributed by atoms with Gasteiger partial charge in [0.2, 0.25) is 0 Å². The molecule has 0 aliphatic heterocycles. The van der Waals surface area contributed by atoms with E-state index in [0.717, 1.165) is 21.4 Å². The second kappa shape index (κ2) is 3.50. The molecule has 0 aliphatic carbocycles. The third-order valence-corrected chi connectivity index (χ3v) is 3.19. The zero-order valence-corrected chi connectivity index (χ0v) is 8.27. The van der Waals surface area contributed by atoms with Crippen molar-refractivity contribution in [1.29, 1.82) is 0 Å². The Morgan fingerprint density at radius 1 is 1.20 bits per heavy atom. The predicted octanol–water partition coefficient (Wildman–Crippen LogP) is 3.50. The molecule has 15 heavy (non-hydrogen) atoms. The van der Waals surface area contributed by atoms with E-state index >= 15 is 0 Å². The molecule has 0 aliphatic rings. The van der Waals surface area contributed by atoms with Crippen LogP contribution in [0.4, 0.5) is 13.2 Å². The van der Waals surface area contributed by atoms with Crippen LogP contribution in [0.25, 0.3) is 10.1 Å². The minimum absolute atomic E-state index is 0.0660. The summed E-state index contributed by atoms with van der Waals surface area (Å²) in [4.78, 5) is -0.0660. The number of halogens is 3. The Morgan fingerprint density at radius 3 is 2.47 bits per heavy atom. The first-order chi connectivity index (χ1) is 6.98. The molecule has 1 unspecified atom stereocenters. The van der Waals surface area contributed by atoms with Crippen molar-refractivity contribution in [2.75, 3.05) is 0 Å². The van der Waals surface area contributed by atoms with E-state index in [-0.39, 0.29) is 4.88 Å². The summed E-state index contributed by atoms with van der Waals surface area (Å²) in [6.45, 7) is 0. The molecule has 0 spiro atoms. The second-order valence-corrected chi connectivity index (χ2v) is 4.25. The van der Waals surface area contributed by atoms with Crippen molar-refractivity contribution in [2.45, 2.75) is 12.3 Å². The number of fused-ring (bicyclic) bond motifs is 1. The van der Waals surface area contributed by atoms with Crippen molar-refractivity contribution in [2.24, 2.45) is 0 Å². The van der Waals surface area contributed by atoms with Crippen molar-refractivity contribution >= 4 is 21.4 Å². The summed E-state index contributed by atoms with van der Waals surface area (Å²) in [5, 5.41) is 9.77. The third kappa shape index (κ3) is 1.98. The van der Waals surface area contributed by atoms with E-state index in [0.29, 0.717) is 0 Å². The number of rotatable bonds is 1. The number of benzene rings is 1. The molecule has 2 rings (SSSR count). The molecule has 1 aromatic heterocycles. The molecule has 1 heterocycles. The first kappa shape index (κ1) is 10.4. The molecule has 5 heteroatoms. The highest BCUT2D eigenvalue weighted by Gasteiger charge is 2.40. The van der Waals surface area contributed by atoms with E-state index in [1.165, 1.54) is 6.07 Å². The summed E-state index contributed by atoms with van der Waals surface area (Å²) in [7, 11) is 0. The fourth-order valence-corrected chi connectivity index (χ4v) is 2.37. The summed E-state index contributed by atoms with van der Waals surface area (Å²) >= 11 is 0.962. The third-order valence-electron chi connectivity index (χ3n) is 2.02. The Kier molecular flexibility index (Phi) is 2.44. The summed E-state index contributed by atoms with van der Waals surface area (Å²) in [5.74, 6) is 0. The standard InChI is InChI=1S/C10H7F3OS/c11-10(12,13)9(14)8-5-6-3-1-2-4-7(6)15-8/h1-5,9,14H. The zero-order chi connectivity index (χ0) is 11.1. The van der Waals surface area contributed by atoms with Gasteiger partial charge in [0.25, 0.3) is 0 Å². The van der Waals surface area contributed by atoms with Crippen molar-refractivity contribution in [1.82, 2.24) is 0 Å². The molecule has 0 saturated carbocycles. The van der Waals surface area contributed by atoms with Crippen LogP contribution >= 0.6 is 11.3 Å². The molecular formula is C10H7F3OS. The van der Waals surface area contributed by atoms with Crippen LogP contribution in [-0.4, -0.2) is 11.3 Å². The summed E-state index contributed by atoms with van der Waals surface area (Å²) < 4.78 is 37.4. The maximum Gasteiger partial charge on any atom is 0.419 e. The van der Waals surface area contributed by atoms with Gasteiger partial charge in [0.1, 0.15) is 0 Å². The summed E-state index contributed by atoms with van der Waals surface area (Å²) in [5.41, 5.74) is 0. The fourth-order valence-electron chi connectivity index (χ4n) is 1.30. The van der Waals surface area contributed by atoms with Crippen LogP contribution in [-0.2, 0) is 0 Å². The van der Waals surface area contributed by atoms with Crippen molar-refractivity contribution in [3.8, 4) is 0 Å². The molecule has 1 nitrogen and oxygen atoms in total. The summed E-state index contributed by atoms with van der Waals surface area (Å²) in [6, 6.07) is 8.32. The molecule has 0 saturated heterocycles. The van der Waals surface area contributed by atoms with Crippen molar-refractivity contribution in [3.05, 3.63) is 35.2 Å². The SMILES string of the molecule is OC(c1cc2ccccc2s1)C(F)(F)F. The van der Waals surface area contributed by atoms with Gasteiger partial charge in [0, 0.05) is 9.58 Å². The van der Waals surface area contributed by atoms with Gasteiger partial charge >= 0.3 is 6.18 Å². The zero-order valence-electron chi connectivity index (χ0n) is 7.45. The van der Waals surface area contributed by atoms with E-state index in [1.807, 2.05) is 0 Å². The monoisotopic (exact) mass is 232 g/mol. The molecule has 1 aromatic carbocycles. The van der Waals surface area contributed by atoms with E-state index in [9.17, 15) is 13.2 Å². The average molecular weight is 232 g/mol. The number of thiophene rings is 1. The second-order valence-electron chi connectivity index (χ2n) is 3.13. The molecule has 1 atom stereocenters. The van der Waals surface area contributed by atoms with Gasteiger partial charge < -0.3 is 5.11 Å². The van der Waals surface area contributed by atoms with Crippen LogP contribution in [0.2, 0.25) is 0 Å². The molecule has 0 fully saturated rings. The van der Waals surface area contributed by atoms with E-state index in [1.54, 1.807) is 24.3 Å². The Morgan fingerprint density at radius 2 is 1.87 bits per heavy atom. The number of alkyl halides is 3. The normalized spacial score (nSPS) is 14.4. The van der Waals surface area contributed by atoms with Gasteiger partial charge in [-0.2, -0.15) is 13.2 Å². The molecule has 2 aromatic rings. The Labute approximate surface area is 87.8 Å². The van der Waals surface area contributed by atoms with Crippen LogP contribution in [0.3, 0.4) is 0 Å². The largest absolute Gasteiger partial charge is 0.419 e. The van der Waals surface area contributed by atoms with Crippen LogP contribution in [0, 0.1) is 0 Å². The van der Waals surface area contributed by atoms with Crippen molar-refractivity contribution in [3.63, 3.8) is 0 Å². The smallest absolute Gasteiger partial charge is 0.379 e. The van der Waals surface area contributed by atoms with Crippen LogP contribution in [0.5, 0.6) is 0 Å². The van der Waals surface area contributed by atoms with Crippen LogP contribution in [0.15, 0.2) is 30.3 Å². The van der Waals surface area contributed by atoms with Gasteiger partial charge in [-0.05, 0) is 17.5 Å². The summed E-state index contributed by atoms with van der Waals surface area (Å²) in [6.07, 6.45) is -6.98. The lowest BCUT2D eigenvalue weighted by Crippen LogP contribution is -2.18. The number of aliphatic hydroxyl groups excluding tert-OH is 1. The molecule has 80 valence electrons. The molecule has 0 amide bonds.